The van der Waals surface area contributed by atoms with E-state index in [2.05, 4.69) is 34.5 Å². The molecule has 1 saturated heterocycles. The molecule has 9 nitrogen and oxygen atoms in total. The fourth-order valence-electron chi connectivity index (χ4n) is 4.67. The lowest BCUT2D eigenvalue weighted by Gasteiger charge is -2.23. The van der Waals surface area contributed by atoms with Gasteiger partial charge in [0.15, 0.2) is 15.8 Å². The highest BCUT2D eigenvalue weighted by Gasteiger charge is 2.48. The van der Waals surface area contributed by atoms with Gasteiger partial charge < -0.3 is 19.3 Å². The summed E-state index contributed by atoms with van der Waals surface area (Å²) in [7, 11) is 1.56. The number of benzene rings is 3. The summed E-state index contributed by atoms with van der Waals surface area (Å²) in [4.78, 5) is 28.3. The van der Waals surface area contributed by atoms with Crippen molar-refractivity contribution >= 4 is 45.7 Å². The van der Waals surface area contributed by atoms with Crippen molar-refractivity contribution in [3.05, 3.63) is 94.6 Å². The Bertz CT molecular complexity index is 1650. The van der Waals surface area contributed by atoms with E-state index in [9.17, 15) is 14.7 Å². The van der Waals surface area contributed by atoms with Gasteiger partial charge in [0.2, 0.25) is 5.13 Å². The van der Waals surface area contributed by atoms with Crippen LogP contribution < -0.4 is 19.1 Å². The van der Waals surface area contributed by atoms with Crippen LogP contribution in [0.1, 0.15) is 28.3 Å². The standard InChI is InChI=1S/C30H25N3O6S2/c1-17-3-5-18(6-4-17)16-40-30-32-31-29(41-30)33-25(19-7-10-21(37-2)11-8-19)24(27(35)28(33)36)26(34)20-9-12-22-23(15-20)39-14-13-38-22/h3-12,15,25,34H,13-14,16H2,1-2H3/b26-24+. The third-order valence-electron chi connectivity index (χ3n) is 6.78. The number of nitrogens with zero attached hydrogens (tertiary/aromatic N) is 3. The topological polar surface area (TPSA) is 111 Å². The van der Waals surface area contributed by atoms with Crippen LogP contribution in [0.3, 0.4) is 0 Å². The minimum absolute atomic E-state index is 0.0547. The number of anilines is 1. The van der Waals surface area contributed by atoms with Gasteiger partial charge in [0.1, 0.15) is 24.7 Å². The van der Waals surface area contributed by atoms with Crippen LogP contribution in [0.4, 0.5) is 5.13 Å². The zero-order valence-corrected chi connectivity index (χ0v) is 23.8. The average Bonchev–Trinajstić information content (AvgIpc) is 3.58. The zero-order chi connectivity index (χ0) is 28.5. The van der Waals surface area contributed by atoms with Gasteiger partial charge in [0.25, 0.3) is 5.78 Å². The summed E-state index contributed by atoms with van der Waals surface area (Å²) in [6.45, 7) is 2.83. The van der Waals surface area contributed by atoms with Crippen molar-refractivity contribution in [1.29, 1.82) is 0 Å². The molecule has 0 radical (unpaired) electrons. The number of aliphatic hydroxyl groups excluding tert-OH is 1. The molecule has 1 N–H and O–H groups in total. The van der Waals surface area contributed by atoms with E-state index in [0.29, 0.717) is 51.7 Å². The Labute approximate surface area is 244 Å². The van der Waals surface area contributed by atoms with Gasteiger partial charge in [-0.2, -0.15) is 0 Å². The van der Waals surface area contributed by atoms with Crippen LogP contribution in [0, 0.1) is 6.92 Å². The highest BCUT2D eigenvalue weighted by molar-refractivity contribution is 8.00. The molecular weight excluding hydrogens is 562 g/mol. The number of hydrogen-bond acceptors (Lipinski definition) is 10. The van der Waals surface area contributed by atoms with Gasteiger partial charge in [0, 0.05) is 11.3 Å². The molecule has 1 unspecified atom stereocenters. The normalized spacial score (nSPS) is 17.6. The number of aromatic nitrogens is 2. The number of carbonyl (C=O) groups is 2. The van der Waals surface area contributed by atoms with Crippen LogP contribution in [-0.2, 0) is 15.3 Å². The van der Waals surface area contributed by atoms with Crippen molar-refractivity contribution in [2.24, 2.45) is 0 Å². The molecule has 41 heavy (non-hydrogen) atoms. The Morgan fingerprint density at radius 1 is 1.02 bits per heavy atom. The van der Waals surface area contributed by atoms with Gasteiger partial charge in [-0.25, -0.2) is 0 Å². The molecule has 1 aromatic heterocycles. The van der Waals surface area contributed by atoms with E-state index in [-0.39, 0.29) is 16.5 Å². The molecule has 0 bridgehead atoms. The quantitative estimate of drug-likeness (QED) is 0.0979. The number of amides is 1. The number of aliphatic hydroxyl groups is 1. The second-order valence-corrected chi connectivity index (χ2v) is 11.6. The Hall–Kier alpha value is -4.35. The number of hydrogen-bond donors (Lipinski definition) is 1. The van der Waals surface area contributed by atoms with Crippen LogP contribution >= 0.6 is 23.1 Å². The van der Waals surface area contributed by atoms with Crippen molar-refractivity contribution in [2.45, 2.75) is 23.1 Å². The summed E-state index contributed by atoms with van der Waals surface area (Å²) in [5.41, 5.74) is 3.20. The predicted molar refractivity (Wildman–Crippen MR) is 156 cm³/mol. The number of rotatable bonds is 7. The maximum atomic E-state index is 13.5. The highest BCUT2D eigenvalue weighted by Crippen LogP contribution is 2.45. The summed E-state index contributed by atoms with van der Waals surface area (Å²) in [6.07, 6.45) is 0. The van der Waals surface area contributed by atoms with Crippen LogP contribution in [0.25, 0.3) is 5.76 Å². The lowest BCUT2D eigenvalue weighted by Crippen LogP contribution is -2.29. The third-order valence-corrected chi connectivity index (χ3v) is 8.90. The second kappa shape index (κ2) is 11.3. The summed E-state index contributed by atoms with van der Waals surface area (Å²) in [5.74, 6) is 0.364. The minimum Gasteiger partial charge on any atom is -0.507 e. The summed E-state index contributed by atoms with van der Waals surface area (Å²) < 4.78 is 17.2. The molecule has 1 atom stereocenters. The fraction of sp³-hybridized carbons (Fsp3) is 0.200. The van der Waals surface area contributed by atoms with E-state index in [1.165, 1.54) is 33.6 Å². The van der Waals surface area contributed by atoms with Crippen molar-refractivity contribution in [3.8, 4) is 17.2 Å². The van der Waals surface area contributed by atoms with Gasteiger partial charge in [-0.05, 0) is 48.4 Å². The van der Waals surface area contributed by atoms with E-state index in [1.807, 2.05) is 6.92 Å². The molecule has 3 heterocycles. The average molecular weight is 588 g/mol. The van der Waals surface area contributed by atoms with Gasteiger partial charge in [-0.1, -0.05) is 65.1 Å². The molecule has 2 aliphatic rings. The molecule has 4 aromatic rings. The van der Waals surface area contributed by atoms with E-state index >= 15 is 0 Å². The Balaban J connectivity index is 1.38. The maximum Gasteiger partial charge on any atom is 0.301 e. The molecule has 1 fully saturated rings. The smallest absolute Gasteiger partial charge is 0.301 e. The molecular formula is C30H25N3O6S2. The number of methoxy groups -OCH3 is 1. The van der Waals surface area contributed by atoms with E-state index in [1.54, 1.807) is 49.6 Å². The molecule has 2 aliphatic heterocycles. The predicted octanol–water partition coefficient (Wildman–Crippen LogP) is 5.54. The maximum absolute atomic E-state index is 13.5. The first-order valence-electron chi connectivity index (χ1n) is 12.8. The van der Waals surface area contributed by atoms with Crippen molar-refractivity contribution < 1.29 is 28.9 Å². The molecule has 3 aromatic carbocycles. The number of ether oxygens (including phenoxy) is 3. The number of aryl methyl sites for hydroxylation is 1. The number of Topliss-reactive ketones (excluding diaryl/α,β-unsaturated/α-hetero) is 1. The Morgan fingerprint density at radius 3 is 2.49 bits per heavy atom. The molecule has 11 heteroatoms. The lowest BCUT2D eigenvalue weighted by atomic mass is 9.95. The highest BCUT2D eigenvalue weighted by atomic mass is 32.2. The van der Waals surface area contributed by atoms with Crippen molar-refractivity contribution in [2.75, 3.05) is 25.2 Å². The summed E-state index contributed by atoms with van der Waals surface area (Å²) in [6, 6.07) is 19.2. The molecule has 6 rings (SSSR count). The van der Waals surface area contributed by atoms with Gasteiger partial charge in [0.05, 0.1) is 18.7 Å². The minimum atomic E-state index is -0.933. The second-order valence-electron chi connectivity index (χ2n) is 9.43. The van der Waals surface area contributed by atoms with Crippen LogP contribution in [-0.4, -0.2) is 47.3 Å². The molecule has 1 amide bonds. The molecule has 0 saturated carbocycles. The number of thioether (sulfide) groups is 1. The van der Waals surface area contributed by atoms with Gasteiger partial charge in [-0.3, -0.25) is 14.5 Å². The Kier molecular flexibility index (Phi) is 7.38. The zero-order valence-electron chi connectivity index (χ0n) is 22.2. The molecule has 0 spiro atoms. The number of carbonyl (C=O) groups excluding carboxylic acids is 2. The Morgan fingerprint density at radius 2 is 1.76 bits per heavy atom. The lowest BCUT2D eigenvalue weighted by molar-refractivity contribution is -0.132. The van der Waals surface area contributed by atoms with Crippen molar-refractivity contribution in [1.82, 2.24) is 10.2 Å². The molecule has 208 valence electrons. The SMILES string of the molecule is COc1ccc(C2/C(=C(\O)c3ccc4c(c3)OCCO4)C(=O)C(=O)N2c2nnc(SCc3ccc(C)cc3)s2)cc1. The first-order chi connectivity index (χ1) is 19.9. The number of ketones is 1. The summed E-state index contributed by atoms with van der Waals surface area (Å²) in [5, 5.41) is 20.3. The van der Waals surface area contributed by atoms with Crippen molar-refractivity contribution in [3.63, 3.8) is 0 Å². The fourth-order valence-corrected chi connectivity index (χ4v) is 6.49. The van der Waals surface area contributed by atoms with E-state index < -0.39 is 17.7 Å². The van der Waals surface area contributed by atoms with Crippen LogP contribution in [0.5, 0.6) is 17.2 Å². The molecule has 0 aliphatic carbocycles. The first kappa shape index (κ1) is 26.9. The van der Waals surface area contributed by atoms with Gasteiger partial charge >= 0.3 is 5.91 Å². The van der Waals surface area contributed by atoms with Crippen LogP contribution in [0.2, 0.25) is 0 Å². The monoisotopic (exact) mass is 587 g/mol. The van der Waals surface area contributed by atoms with Crippen LogP contribution in [0.15, 0.2) is 76.6 Å². The third kappa shape index (κ3) is 5.25. The largest absolute Gasteiger partial charge is 0.507 e. The first-order valence-corrected chi connectivity index (χ1v) is 14.6. The van der Waals surface area contributed by atoms with E-state index in [0.717, 1.165) is 5.56 Å². The van der Waals surface area contributed by atoms with E-state index in [4.69, 9.17) is 14.2 Å². The summed E-state index contributed by atoms with van der Waals surface area (Å²) >= 11 is 2.72. The number of fused-ring (bicyclic) bond motifs is 1. The van der Waals surface area contributed by atoms with Gasteiger partial charge in [-0.15, -0.1) is 10.2 Å².